The quantitative estimate of drug-likeness (QED) is 0.584. The first kappa shape index (κ1) is 9.40. The fraction of sp³-hybridized carbons (Fsp3) is 0.300. The molecular weight excluding hydrogens is 194 g/mol. The van der Waals surface area contributed by atoms with E-state index in [1.807, 2.05) is 26.1 Å². The summed E-state index contributed by atoms with van der Waals surface area (Å²) in [5, 5.41) is 3.14. The van der Waals surface area contributed by atoms with Crippen LogP contribution >= 0.6 is 12.6 Å². The maximum Gasteiger partial charge on any atom is 0.106 e. The number of benzene rings is 1. The SMILES string of the molecule is Cc1nc2cc(NCS)ccc2n1C. The molecule has 2 rings (SSSR count). The summed E-state index contributed by atoms with van der Waals surface area (Å²) in [6, 6.07) is 6.15. The van der Waals surface area contributed by atoms with E-state index >= 15 is 0 Å². The van der Waals surface area contributed by atoms with Crippen LogP contribution in [0.4, 0.5) is 5.69 Å². The molecule has 0 atom stereocenters. The number of hydrogen-bond donors (Lipinski definition) is 2. The van der Waals surface area contributed by atoms with Gasteiger partial charge in [-0.05, 0) is 25.1 Å². The standard InChI is InChI=1S/C10H13N3S/c1-7-12-9-5-8(11-6-14)3-4-10(9)13(7)2/h3-5,11,14H,6H2,1-2H3. The Morgan fingerprint density at radius 1 is 1.50 bits per heavy atom. The lowest BCUT2D eigenvalue weighted by atomic mass is 10.3. The van der Waals surface area contributed by atoms with E-state index < -0.39 is 0 Å². The Kier molecular flexibility index (Phi) is 2.37. The highest BCUT2D eigenvalue weighted by atomic mass is 32.1. The van der Waals surface area contributed by atoms with Gasteiger partial charge >= 0.3 is 0 Å². The van der Waals surface area contributed by atoms with Gasteiger partial charge in [-0.15, -0.1) is 0 Å². The van der Waals surface area contributed by atoms with Crippen LogP contribution < -0.4 is 5.32 Å². The molecule has 0 radical (unpaired) electrons. The number of nitrogens with one attached hydrogen (secondary N) is 1. The van der Waals surface area contributed by atoms with Crippen LogP contribution in [-0.4, -0.2) is 15.4 Å². The summed E-state index contributed by atoms with van der Waals surface area (Å²) in [4.78, 5) is 4.45. The van der Waals surface area contributed by atoms with E-state index in [2.05, 4.69) is 33.6 Å². The lowest BCUT2D eigenvalue weighted by Gasteiger charge is -2.02. The Morgan fingerprint density at radius 3 is 3.00 bits per heavy atom. The van der Waals surface area contributed by atoms with Crippen molar-refractivity contribution in [1.29, 1.82) is 0 Å². The van der Waals surface area contributed by atoms with Crippen LogP contribution in [0, 0.1) is 6.92 Å². The van der Waals surface area contributed by atoms with Crippen molar-refractivity contribution in [1.82, 2.24) is 9.55 Å². The molecule has 0 unspecified atom stereocenters. The van der Waals surface area contributed by atoms with Gasteiger partial charge in [-0.3, -0.25) is 0 Å². The number of imidazole rings is 1. The van der Waals surface area contributed by atoms with E-state index in [9.17, 15) is 0 Å². The van der Waals surface area contributed by atoms with Crippen LogP contribution in [0.5, 0.6) is 0 Å². The second kappa shape index (κ2) is 3.53. The largest absolute Gasteiger partial charge is 0.376 e. The van der Waals surface area contributed by atoms with Crippen molar-refractivity contribution >= 4 is 29.3 Å². The highest BCUT2D eigenvalue weighted by Gasteiger charge is 2.03. The molecule has 74 valence electrons. The van der Waals surface area contributed by atoms with Gasteiger partial charge < -0.3 is 9.88 Å². The molecule has 0 spiro atoms. The van der Waals surface area contributed by atoms with Crippen LogP contribution in [0.25, 0.3) is 11.0 Å². The Balaban J connectivity index is 2.56. The topological polar surface area (TPSA) is 29.9 Å². The van der Waals surface area contributed by atoms with E-state index in [0.717, 1.165) is 22.5 Å². The summed E-state index contributed by atoms with van der Waals surface area (Å²) in [5.41, 5.74) is 3.24. The molecule has 0 aliphatic rings. The maximum atomic E-state index is 4.45. The molecule has 0 aliphatic heterocycles. The van der Waals surface area contributed by atoms with E-state index in [0.29, 0.717) is 5.88 Å². The van der Waals surface area contributed by atoms with E-state index in [1.54, 1.807) is 0 Å². The number of aromatic nitrogens is 2. The Morgan fingerprint density at radius 2 is 2.29 bits per heavy atom. The highest BCUT2D eigenvalue weighted by molar-refractivity contribution is 7.80. The predicted octanol–water partition coefficient (Wildman–Crippen LogP) is 2.18. The third kappa shape index (κ3) is 1.46. The zero-order valence-corrected chi connectivity index (χ0v) is 9.18. The van der Waals surface area contributed by atoms with Crippen LogP contribution in [0.15, 0.2) is 18.2 Å². The summed E-state index contributed by atoms with van der Waals surface area (Å²) in [7, 11) is 2.02. The van der Waals surface area contributed by atoms with E-state index in [4.69, 9.17) is 0 Å². The molecule has 3 nitrogen and oxygen atoms in total. The van der Waals surface area contributed by atoms with Crippen molar-refractivity contribution in [3.05, 3.63) is 24.0 Å². The number of aryl methyl sites for hydroxylation is 2. The van der Waals surface area contributed by atoms with Gasteiger partial charge in [0.2, 0.25) is 0 Å². The van der Waals surface area contributed by atoms with Gasteiger partial charge in [0.05, 0.1) is 16.9 Å². The first-order valence-electron chi connectivity index (χ1n) is 4.50. The zero-order valence-electron chi connectivity index (χ0n) is 8.28. The van der Waals surface area contributed by atoms with Gasteiger partial charge in [0.1, 0.15) is 5.82 Å². The number of hydrogen-bond acceptors (Lipinski definition) is 3. The molecule has 1 aromatic carbocycles. The van der Waals surface area contributed by atoms with Gasteiger partial charge in [-0.1, -0.05) is 0 Å². The fourth-order valence-electron chi connectivity index (χ4n) is 1.52. The number of fused-ring (bicyclic) bond motifs is 1. The van der Waals surface area contributed by atoms with Crippen molar-refractivity contribution in [3.63, 3.8) is 0 Å². The second-order valence-corrected chi connectivity index (χ2v) is 3.57. The lowest BCUT2D eigenvalue weighted by Crippen LogP contribution is -1.94. The molecule has 0 bridgehead atoms. The van der Waals surface area contributed by atoms with Crippen molar-refractivity contribution in [2.24, 2.45) is 7.05 Å². The molecule has 0 saturated heterocycles. The zero-order chi connectivity index (χ0) is 10.1. The van der Waals surface area contributed by atoms with Crippen LogP contribution in [0.2, 0.25) is 0 Å². The van der Waals surface area contributed by atoms with Gasteiger partial charge in [0.25, 0.3) is 0 Å². The van der Waals surface area contributed by atoms with Crippen molar-refractivity contribution < 1.29 is 0 Å². The molecule has 1 N–H and O–H groups in total. The van der Waals surface area contributed by atoms with Crippen molar-refractivity contribution in [3.8, 4) is 0 Å². The smallest absolute Gasteiger partial charge is 0.106 e. The minimum Gasteiger partial charge on any atom is -0.376 e. The Bertz CT molecular complexity index is 462. The molecule has 1 aromatic heterocycles. The van der Waals surface area contributed by atoms with Gasteiger partial charge in [-0.25, -0.2) is 4.98 Å². The average Bonchev–Trinajstić information content (AvgIpc) is 2.43. The minimum absolute atomic E-state index is 0.636. The van der Waals surface area contributed by atoms with Crippen LogP contribution in [-0.2, 0) is 7.05 Å². The highest BCUT2D eigenvalue weighted by Crippen LogP contribution is 2.19. The third-order valence-electron chi connectivity index (χ3n) is 2.39. The Labute approximate surface area is 88.6 Å². The maximum absolute atomic E-state index is 4.45. The number of thiol groups is 1. The summed E-state index contributed by atoms with van der Waals surface area (Å²) in [6.07, 6.45) is 0. The van der Waals surface area contributed by atoms with E-state index in [1.165, 1.54) is 0 Å². The van der Waals surface area contributed by atoms with E-state index in [-0.39, 0.29) is 0 Å². The molecule has 14 heavy (non-hydrogen) atoms. The number of nitrogens with zero attached hydrogens (tertiary/aromatic N) is 2. The van der Waals surface area contributed by atoms with Gasteiger partial charge in [0.15, 0.2) is 0 Å². The Hall–Kier alpha value is -1.16. The van der Waals surface area contributed by atoms with Crippen molar-refractivity contribution in [2.75, 3.05) is 11.2 Å². The molecule has 0 aliphatic carbocycles. The summed E-state index contributed by atoms with van der Waals surface area (Å²) in [6.45, 7) is 2.01. The minimum atomic E-state index is 0.636. The molecule has 1 heterocycles. The summed E-state index contributed by atoms with van der Waals surface area (Å²) < 4.78 is 2.08. The fourth-order valence-corrected chi connectivity index (χ4v) is 1.70. The van der Waals surface area contributed by atoms with Crippen molar-refractivity contribution in [2.45, 2.75) is 6.92 Å². The van der Waals surface area contributed by atoms with Crippen LogP contribution in [0.1, 0.15) is 5.82 Å². The molecule has 0 amide bonds. The molecule has 0 fully saturated rings. The molecule has 2 aromatic rings. The lowest BCUT2D eigenvalue weighted by molar-refractivity contribution is 0.886. The molecule has 4 heteroatoms. The monoisotopic (exact) mass is 207 g/mol. The summed E-state index contributed by atoms with van der Waals surface area (Å²) >= 11 is 4.12. The van der Waals surface area contributed by atoms with Gasteiger partial charge in [0, 0.05) is 12.7 Å². The average molecular weight is 207 g/mol. The van der Waals surface area contributed by atoms with Crippen LogP contribution in [0.3, 0.4) is 0 Å². The molecular formula is C10H13N3S. The third-order valence-corrected chi connectivity index (χ3v) is 2.55. The van der Waals surface area contributed by atoms with Gasteiger partial charge in [-0.2, -0.15) is 12.6 Å². The normalized spacial score (nSPS) is 10.8. The first-order chi connectivity index (χ1) is 6.72. The first-order valence-corrected chi connectivity index (χ1v) is 5.13. The number of rotatable bonds is 2. The molecule has 0 saturated carbocycles. The second-order valence-electron chi connectivity index (χ2n) is 3.26. The number of anilines is 1. The summed E-state index contributed by atoms with van der Waals surface area (Å²) in [5.74, 6) is 1.67. The predicted molar refractivity (Wildman–Crippen MR) is 62.9 cm³/mol.